The number of nitrogen functional groups attached to an aromatic ring is 1. The second-order valence-corrected chi connectivity index (χ2v) is 10.8. The molecule has 34 heavy (non-hydrogen) atoms. The Kier molecular flexibility index (Phi) is 6.21. The third-order valence-corrected chi connectivity index (χ3v) is 7.27. The molecule has 0 amide bonds. The van der Waals surface area contributed by atoms with E-state index in [0.29, 0.717) is 45.3 Å². The number of fused-ring (bicyclic) bond motifs is 1. The lowest BCUT2D eigenvalue weighted by Crippen LogP contribution is -2.18. The van der Waals surface area contributed by atoms with E-state index in [1.165, 1.54) is 35.1 Å². The zero-order valence-corrected chi connectivity index (χ0v) is 19.8. The van der Waals surface area contributed by atoms with E-state index in [2.05, 4.69) is 10.3 Å². The number of rotatable bonds is 7. The van der Waals surface area contributed by atoms with Gasteiger partial charge in [-0.05, 0) is 30.3 Å². The summed E-state index contributed by atoms with van der Waals surface area (Å²) in [4.78, 5) is 5.24. The third kappa shape index (κ3) is 4.97. The van der Waals surface area contributed by atoms with Crippen LogP contribution in [0.25, 0.3) is 21.6 Å². The first-order chi connectivity index (χ1) is 16.0. The van der Waals surface area contributed by atoms with Gasteiger partial charge in [-0.2, -0.15) is 13.2 Å². The number of halogens is 3. The number of anilines is 2. The maximum Gasteiger partial charge on any atom is 0.406 e. The van der Waals surface area contributed by atoms with Crippen LogP contribution in [0, 0.1) is 0 Å². The smallest absolute Gasteiger partial charge is 0.406 e. The van der Waals surface area contributed by atoms with E-state index in [0.717, 1.165) is 11.1 Å². The Morgan fingerprint density at radius 1 is 1.21 bits per heavy atom. The molecular formula is C22H21F3N4O3S2. The molecule has 0 spiro atoms. The first-order valence-electron chi connectivity index (χ1n) is 9.98. The number of sulfone groups is 1. The summed E-state index contributed by atoms with van der Waals surface area (Å²) in [5.74, 6) is 0.355. The van der Waals surface area contributed by atoms with Crippen LogP contribution in [0.4, 0.5) is 24.5 Å². The molecule has 0 radical (unpaired) electrons. The predicted octanol–water partition coefficient (Wildman–Crippen LogP) is 4.93. The summed E-state index contributed by atoms with van der Waals surface area (Å²) in [6.45, 7) is -0.847. The maximum atomic E-state index is 13.3. The van der Waals surface area contributed by atoms with Crippen molar-refractivity contribution in [2.24, 2.45) is 0 Å². The Bertz CT molecular complexity index is 1460. The fourth-order valence-electron chi connectivity index (χ4n) is 3.57. The average molecular weight is 511 g/mol. The molecule has 3 N–H and O–H groups in total. The predicted molar refractivity (Wildman–Crippen MR) is 127 cm³/mol. The molecule has 0 aliphatic rings. The summed E-state index contributed by atoms with van der Waals surface area (Å²) in [5.41, 5.74) is 7.67. The van der Waals surface area contributed by atoms with E-state index in [9.17, 15) is 21.6 Å². The topological polar surface area (TPSA) is 99.2 Å². The summed E-state index contributed by atoms with van der Waals surface area (Å²) in [5, 5.41) is 4.12. The Labute approximate surface area is 197 Å². The second-order valence-electron chi connectivity index (χ2n) is 7.63. The molecule has 0 unspecified atom stereocenters. The molecule has 0 bridgehead atoms. The van der Waals surface area contributed by atoms with Gasteiger partial charge in [-0.15, -0.1) is 11.3 Å². The Morgan fingerprint density at radius 3 is 2.65 bits per heavy atom. The highest BCUT2D eigenvalue weighted by atomic mass is 32.2. The normalized spacial score (nSPS) is 12.3. The number of nitrogens with zero attached hydrogens (tertiary/aromatic N) is 2. The third-order valence-electron chi connectivity index (χ3n) is 5.14. The Hall–Kier alpha value is -3.25. The van der Waals surface area contributed by atoms with Crippen LogP contribution in [0.1, 0.15) is 4.88 Å². The highest BCUT2D eigenvalue weighted by Gasteiger charge is 2.30. The van der Waals surface area contributed by atoms with E-state index in [4.69, 9.17) is 10.5 Å². The van der Waals surface area contributed by atoms with Gasteiger partial charge in [0, 0.05) is 34.5 Å². The molecule has 0 aliphatic heterocycles. The van der Waals surface area contributed by atoms with E-state index < -0.39 is 22.6 Å². The van der Waals surface area contributed by atoms with Gasteiger partial charge in [-0.3, -0.25) is 0 Å². The number of thiazole rings is 1. The molecule has 4 aromatic rings. The number of alkyl halides is 3. The summed E-state index contributed by atoms with van der Waals surface area (Å²) in [6.07, 6.45) is -1.72. The highest BCUT2D eigenvalue weighted by Crippen LogP contribution is 2.36. The quantitative estimate of drug-likeness (QED) is 0.342. The van der Waals surface area contributed by atoms with E-state index >= 15 is 0 Å². The van der Waals surface area contributed by atoms with Crippen molar-refractivity contribution in [2.45, 2.75) is 24.2 Å². The molecule has 0 fully saturated rings. The van der Waals surface area contributed by atoms with Crippen LogP contribution >= 0.6 is 11.3 Å². The van der Waals surface area contributed by atoms with Gasteiger partial charge in [0.2, 0.25) is 0 Å². The molecule has 2 aromatic carbocycles. The molecule has 180 valence electrons. The van der Waals surface area contributed by atoms with Crippen molar-refractivity contribution < 1.29 is 26.3 Å². The van der Waals surface area contributed by atoms with Crippen LogP contribution in [0.15, 0.2) is 53.6 Å². The fraction of sp³-hybridized carbons (Fsp3) is 0.227. The number of nitrogens with one attached hydrogen (secondary N) is 1. The molecule has 0 atom stereocenters. The SMILES string of the molecule is COc1cc(S(C)(=O)=O)ccc1NCc1cnc(-c2cc3c(N)cccc3n2CC(F)(F)F)s1. The summed E-state index contributed by atoms with van der Waals surface area (Å²) < 4.78 is 69.9. The molecule has 12 heteroatoms. The number of aromatic nitrogens is 2. The van der Waals surface area contributed by atoms with E-state index in [1.807, 2.05) is 0 Å². The van der Waals surface area contributed by atoms with Crippen molar-refractivity contribution in [1.29, 1.82) is 0 Å². The molecule has 2 aromatic heterocycles. The minimum absolute atomic E-state index is 0.131. The minimum Gasteiger partial charge on any atom is -0.495 e. The number of ether oxygens (including phenoxy) is 1. The van der Waals surface area contributed by atoms with Crippen molar-refractivity contribution in [3.05, 3.63) is 53.5 Å². The maximum absolute atomic E-state index is 13.3. The van der Waals surface area contributed by atoms with E-state index in [-0.39, 0.29) is 4.90 Å². The molecule has 0 aliphatic carbocycles. The zero-order valence-electron chi connectivity index (χ0n) is 18.2. The van der Waals surface area contributed by atoms with Crippen molar-refractivity contribution in [2.75, 3.05) is 24.4 Å². The number of nitrogens with two attached hydrogens (primary N) is 1. The van der Waals surface area contributed by atoms with Crippen LogP contribution in [0.3, 0.4) is 0 Å². The largest absolute Gasteiger partial charge is 0.495 e. The first-order valence-corrected chi connectivity index (χ1v) is 12.7. The molecule has 2 heterocycles. The number of hydrogen-bond donors (Lipinski definition) is 2. The monoisotopic (exact) mass is 510 g/mol. The zero-order chi connectivity index (χ0) is 24.7. The number of hydrogen-bond acceptors (Lipinski definition) is 7. The van der Waals surface area contributed by atoms with Gasteiger partial charge in [0.25, 0.3) is 0 Å². The van der Waals surface area contributed by atoms with Gasteiger partial charge in [0.15, 0.2) is 9.84 Å². The van der Waals surface area contributed by atoms with Crippen molar-refractivity contribution in [1.82, 2.24) is 9.55 Å². The second kappa shape index (κ2) is 8.84. The fourth-order valence-corrected chi connectivity index (χ4v) is 5.09. The van der Waals surface area contributed by atoms with Gasteiger partial charge in [-0.25, -0.2) is 13.4 Å². The van der Waals surface area contributed by atoms with Gasteiger partial charge in [0.05, 0.1) is 35.4 Å². The van der Waals surface area contributed by atoms with Gasteiger partial charge in [0.1, 0.15) is 17.3 Å². The summed E-state index contributed by atoms with van der Waals surface area (Å²) in [6, 6.07) is 11.0. The minimum atomic E-state index is -4.42. The van der Waals surface area contributed by atoms with Gasteiger partial charge >= 0.3 is 6.18 Å². The lowest BCUT2D eigenvalue weighted by Gasteiger charge is -2.12. The summed E-state index contributed by atoms with van der Waals surface area (Å²) >= 11 is 1.25. The average Bonchev–Trinajstić information content (AvgIpc) is 3.36. The highest BCUT2D eigenvalue weighted by molar-refractivity contribution is 7.90. The van der Waals surface area contributed by atoms with Crippen molar-refractivity contribution in [3.63, 3.8) is 0 Å². The standard InChI is InChI=1S/C22H21F3N4O3S2/c1-32-20-8-14(34(2,30)31)6-7-17(20)27-10-13-11-28-21(33-13)19-9-15-16(26)4-3-5-18(15)29(19)12-22(23,24)25/h3-9,11,27H,10,12,26H2,1-2H3. The Balaban J connectivity index is 1.62. The van der Waals surface area contributed by atoms with Crippen molar-refractivity contribution in [3.8, 4) is 16.5 Å². The number of methoxy groups -OCH3 is 1. The van der Waals surface area contributed by atoms with Crippen LogP contribution in [0.5, 0.6) is 5.75 Å². The van der Waals surface area contributed by atoms with Crippen molar-refractivity contribution >= 4 is 43.5 Å². The lowest BCUT2D eigenvalue weighted by molar-refractivity contribution is -0.139. The van der Waals surface area contributed by atoms with Crippen LogP contribution < -0.4 is 15.8 Å². The lowest BCUT2D eigenvalue weighted by atomic mass is 10.2. The molecule has 0 saturated heterocycles. The molecular weight excluding hydrogens is 489 g/mol. The molecule has 4 rings (SSSR count). The van der Waals surface area contributed by atoms with Gasteiger partial charge in [-0.1, -0.05) is 6.07 Å². The molecule has 7 nitrogen and oxygen atoms in total. The first kappa shape index (κ1) is 23.9. The van der Waals surface area contributed by atoms with Gasteiger partial charge < -0.3 is 20.4 Å². The molecule has 0 saturated carbocycles. The summed E-state index contributed by atoms with van der Waals surface area (Å²) in [7, 11) is -1.95. The Morgan fingerprint density at radius 2 is 1.97 bits per heavy atom. The van der Waals surface area contributed by atoms with Crippen LogP contribution in [-0.4, -0.2) is 37.5 Å². The van der Waals surface area contributed by atoms with E-state index in [1.54, 1.807) is 36.5 Å². The van der Waals surface area contributed by atoms with Crippen LogP contribution in [0.2, 0.25) is 0 Å². The van der Waals surface area contributed by atoms with Crippen LogP contribution in [-0.2, 0) is 22.9 Å². The number of benzene rings is 2.